The lowest BCUT2D eigenvalue weighted by Crippen LogP contribution is -2.22. The van der Waals surface area contributed by atoms with Gasteiger partial charge in [-0.25, -0.2) is 0 Å². The number of rotatable bonds is 3. The zero-order chi connectivity index (χ0) is 14.4. The number of aliphatic hydroxyl groups is 1. The fraction of sp³-hybridized carbons (Fsp3) is 0.200. The van der Waals surface area contributed by atoms with E-state index in [0.717, 1.165) is 5.56 Å². The van der Waals surface area contributed by atoms with E-state index in [1.54, 1.807) is 37.3 Å². The average Bonchev–Trinajstić information content (AvgIpc) is 2.89. The van der Waals surface area contributed by atoms with E-state index in [1.807, 2.05) is 0 Å². The van der Waals surface area contributed by atoms with Crippen molar-refractivity contribution >= 4 is 5.91 Å². The summed E-state index contributed by atoms with van der Waals surface area (Å²) in [5, 5.41) is 15.2. The van der Waals surface area contributed by atoms with Crippen molar-refractivity contribution in [3.8, 4) is 11.8 Å². The standard InChI is InChI=1S/C15H14N2O3/c1-11-9-14(17-20-11)10-16-15(19)13-6-4-12(5-7-13)3-2-8-18/h4-7,9,18H,8,10H2,1H3,(H,16,19). The molecule has 0 saturated carbocycles. The van der Waals surface area contributed by atoms with Gasteiger partial charge in [-0.3, -0.25) is 4.79 Å². The van der Waals surface area contributed by atoms with Crippen LogP contribution in [-0.2, 0) is 6.54 Å². The maximum absolute atomic E-state index is 11.9. The number of aromatic nitrogens is 1. The number of amides is 1. The Morgan fingerprint density at radius 3 is 2.75 bits per heavy atom. The smallest absolute Gasteiger partial charge is 0.251 e. The van der Waals surface area contributed by atoms with Crippen molar-refractivity contribution in [3.05, 3.63) is 52.9 Å². The first-order chi connectivity index (χ1) is 9.69. The van der Waals surface area contributed by atoms with Crippen LogP contribution in [0.15, 0.2) is 34.9 Å². The van der Waals surface area contributed by atoms with Gasteiger partial charge >= 0.3 is 0 Å². The summed E-state index contributed by atoms with van der Waals surface area (Å²) in [5.41, 5.74) is 1.98. The Hall–Kier alpha value is -2.58. The summed E-state index contributed by atoms with van der Waals surface area (Å²) in [5.74, 6) is 5.84. The van der Waals surface area contributed by atoms with E-state index in [4.69, 9.17) is 9.63 Å². The predicted molar refractivity (Wildman–Crippen MR) is 72.8 cm³/mol. The third-order valence-corrected chi connectivity index (χ3v) is 2.57. The molecular weight excluding hydrogens is 256 g/mol. The largest absolute Gasteiger partial charge is 0.384 e. The number of carbonyl (C=O) groups is 1. The van der Waals surface area contributed by atoms with Gasteiger partial charge in [-0.2, -0.15) is 0 Å². The van der Waals surface area contributed by atoms with Gasteiger partial charge in [0.2, 0.25) is 0 Å². The summed E-state index contributed by atoms with van der Waals surface area (Å²) >= 11 is 0. The summed E-state index contributed by atoms with van der Waals surface area (Å²) in [6.07, 6.45) is 0. The van der Waals surface area contributed by atoms with Gasteiger partial charge in [0.05, 0.1) is 6.54 Å². The van der Waals surface area contributed by atoms with E-state index < -0.39 is 0 Å². The van der Waals surface area contributed by atoms with Crippen LogP contribution in [0.4, 0.5) is 0 Å². The molecule has 2 aromatic rings. The molecule has 0 aliphatic heterocycles. The van der Waals surface area contributed by atoms with Crippen LogP contribution in [-0.4, -0.2) is 22.8 Å². The fourth-order valence-electron chi connectivity index (χ4n) is 1.62. The molecule has 5 nitrogen and oxygen atoms in total. The van der Waals surface area contributed by atoms with Crippen LogP contribution in [0, 0.1) is 18.8 Å². The Kier molecular flexibility index (Phi) is 4.53. The van der Waals surface area contributed by atoms with Crippen molar-refractivity contribution in [2.45, 2.75) is 13.5 Å². The number of carbonyl (C=O) groups excluding carboxylic acids is 1. The maximum atomic E-state index is 11.9. The van der Waals surface area contributed by atoms with Gasteiger partial charge < -0.3 is 14.9 Å². The highest BCUT2D eigenvalue weighted by Crippen LogP contribution is 2.05. The molecule has 1 amide bonds. The van der Waals surface area contributed by atoms with Crippen LogP contribution in [0.3, 0.4) is 0 Å². The van der Waals surface area contributed by atoms with Crippen LogP contribution in [0.1, 0.15) is 27.4 Å². The molecule has 1 aromatic carbocycles. The minimum atomic E-state index is -0.188. The summed E-state index contributed by atoms with van der Waals surface area (Å²) in [6, 6.07) is 8.61. The Bertz CT molecular complexity index is 648. The summed E-state index contributed by atoms with van der Waals surface area (Å²) < 4.78 is 4.92. The molecule has 0 aliphatic carbocycles. The van der Waals surface area contributed by atoms with Gasteiger partial charge in [-0.05, 0) is 31.2 Å². The number of nitrogens with zero attached hydrogens (tertiary/aromatic N) is 1. The monoisotopic (exact) mass is 270 g/mol. The third-order valence-electron chi connectivity index (χ3n) is 2.57. The Labute approximate surface area is 116 Å². The SMILES string of the molecule is Cc1cc(CNC(=O)c2ccc(C#CCO)cc2)no1. The number of aryl methyl sites for hydroxylation is 1. The first kappa shape index (κ1) is 13.8. The lowest BCUT2D eigenvalue weighted by Gasteiger charge is -2.02. The van der Waals surface area contributed by atoms with Crippen LogP contribution >= 0.6 is 0 Å². The quantitative estimate of drug-likeness (QED) is 0.823. The molecule has 0 radical (unpaired) electrons. The average molecular weight is 270 g/mol. The van der Waals surface area contributed by atoms with Gasteiger partial charge in [0.25, 0.3) is 5.91 Å². The number of nitrogens with one attached hydrogen (secondary N) is 1. The number of hydrogen-bond acceptors (Lipinski definition) is 4. The number of benzene rings is 1. The minimum absolute atomic E-state index is 0.181. The fourth-order valence-corrected chi connectivity index (χ4v) is 1.62. The molecule has 0 bridgehead atoms. The van der Waals surface area contributed by atoms with E-state index in [9.17, 15) is 4.79 Å². The molecule has 0 aliphatic rings. The van der Waals surface area contributed by atoms with Gasteiger partial charge in [0.1, 0.15) is 18.1 Å². The molecular formula is C15H14N2O3. The second-order valence-corrected chi connectivity index (χ2v) is 4.15. The summed E-state index contributed by atoms with van der Waals surface area (Å²) in [7, 11) is 0. The molecule has 5 heteroatoms. The van der Waals surface area contributed by atoms with E-state index in [2.05, 4.69) is 22.3 Å². The zero-order valence-electron chi connectivity index (χ0n) is 11.0. The third kappa shape index (κ3) is 3.70. The highest BCUT2D eigenvalue weighted by molar-refractivity contribution is 5.94. The molecule has 0 fully saturated rings. The van der Waals surface area contributed by atoms with Gasteiger partial charge in [0.15, 0.2) is 0 Å². The van der Waals surface area contributed by atoms with Crippen LogP contribution < -0.4 is 5.32 Å². The second kappa shape index (κ2) is 6.55. The maximum Gasteiger partial charge on any atom is 0.251 e. The normalized spacial score (nSPS) is 9.70. The van der Waals surface area contributed by atoms with E-state index >= 15 is 0 Å². The van der Waals surface area contributed by atoms with E-state index in [1.165, 1.54) is 0 Å². The predicted octanol–water partition coefficient (Wildman–Crippen LogP) is 1.26. The van der Waals surface area contributed by atoms with Crippen molar-refractivity contribution in [1.29, 1.82) is 0 Å². The lowest BCUT2D eigenvalue weighted by atomic mass is 10.1. The van der Waals surface area contributed by atoms with Crippen molar-refractivity contribution in [3.63, 3.8) is 0 Å². The topological polar surface area (TPSA) is 75.4 Å². The summed E-state index contributed by atoms with van der Waals surface area (Å²) in [6.45, 7) is 1.94. The molecule has 0 spiro atoms. The molecule has 102 valence electrons. The lowest BCUT2D eigenvalue weighted by molar-refractivity contribution is 0.0950. The number of hydrogen-bond donors (Lipinski definition) is 2. The van der Waals surface area contributed by atoms with E-state index in [-0.39, 0.29) is 12.5 Å². The van der Waals surface area contributed by atoms with Crippen LogP contribution in [0.5, 0.6) is 0 Å². The van der Waals surface area contributed by atoms with Crippen molar-refractivity contribution < 1.29 is 14.4 Å². The van der Waals surface area contributed by atoms with Crippen LogP contribution in [0.25, 0.3) is 0 Å². The van der Waals surface area contributed by atoms with Crippen molar-refractivity contribution in [2.75, 3.05) is 6.61 Å². The Balaban J connectivity index is 1.95. The molecule has 2 N–H and O–H groups in total. The zero-order valence-corrected chi connectivity index (χ0v) is 11.0. The highest BCUT2D eigenvalue weighted by Gasteiger charge is 2.06. The molecule has 2 rings (SSSR count). The van der Waals surface area contributed by atoms with E-state index in [0.29, 0.717) is 23.6 Å². The van der Waals surface area contributed by atoms with Crippen molar-refractivity contribution in [1.82, 2.24) is 10.5 Å². The Morgan fingerprint density at radius 1 is 1.40 bits per heavy atom. The summed E-state index contributed by atoms with van der Waals surface area (Å²) in [4.78, 5) is 11.9. The first-order valence-electron chi connectivity index (χ1n) is 6.09. The minimum Gasteiger partial charge on any atom is -0.384 e. The molecule has 1 heterocycles. The second-order valence-electron chi connectivity index (χ2n) is 4.15. The molecule has 0 atom stereocenters. The molecule has 0 unspecified atom stereocenters. The first-order valence-corrected chi connectivity index (χ1v) is 6.09. The Morgan fingerprint density at radius 2 is 2.15 bits per heavy atom. The van der Waals surface area contributed by atoms with Gasteiger partial charge in [-0.15, -0.1) is 0 Å². The molecule has 20 heavy (non-hydrogen) atoms. The number of aliphatic hydroxyl groups excluding tert-OH is 1. The highest BCUT2D eigenvalue weighted by atomic mass is 16.5. The molecule has 0 saturated heterocycles. The molecule has 1 aromatic heterocycles. The van der Waals surface area contributed by atoms with Crippen LogP contribution in [0.2, 0.25) is 0 Å². The van der Waals surface area contributed by atoms with Gasteiger partial charge in [0, 0.05) is 17.2 Å². The van der Waals surface area contributed by atoms with Gasteiger partial charge in [-0.1, -0.05) is 17.0 Å². The van der Waals surface area contributed by atoms with Crippen molar-refractivity contribution in [2.24, 2.45) is 0 Å².